The van der Waals surface area contributed by atoms with Crippen LogP contribution in [0.15, 0.2) is 83.0 Å². The number of allylic oxidation sites excluding steroid dienone is 1. The number of rotatable bonds is 6. The van der Waals surface area contributed by atoms with Gasteiger partial charge in [-0.2, -0.15) is 4.98 Å². The third kappa shape index (κ3) is 4.14. The van der Waals surface area contributed by atoms with E-state index in [1.165, 1.54) is 0 Å². The first kappa shape index (κ1) is 22.7. The number of aromatic nitrogens is 2. The highest BCUT2D eigenvalue weighted by Gasteiger charge is 2.37. The molecular formula is C28H24N4O5. The molecule has 37 heavy (non-hydrogen) atoms. The Balaban J connectivity index is 1.46. The average molecular weight is 497 g/mol. The normalized spacial score (nSPS) is 16.6. The van der Waals surface area contributed by atoms with Crippen LogP contribution in [-0.4, -0.2) is 29.6 Å². The van der Waals surface area contributed by atoms with E-state index in [9.17, 15) is 4.79 Å². The van der Waals surface area contributed by atoms with Crippen LogP contribution in [0, 0.1) is 0 Å². The number of hydrogen-bond donors (Lipinski definition) is 1. The van der Waals surface area contributed by atoms with Crippen LogP contribution in [0.2, 0.25) is 0 Å². The molecule has 1 N–H and O–H groups in total. The Labute approximate surface area is 213 Å². The summed E-state index contributed by atoms with van der Waals surface area (Å²) < 4.78 is 22.3. The van der Waals surface area contributed by atoms with Crippen LogP contribution in [0.1, 0.15) is 31.3 Å². The van der Waals surface area contributed by atoms with Crippen LogP contribution in [-0.2, 0) is 0 Å². The zero-order valence-electron chi connectivity index (χ0n) is 20.3. The van der Waals surface area contributed by atoms with Crippen LogP contribution < -0.4 is 24.4 Å². The molecule has 9 nitrogen and oxygen atoms in total. The van der Waals surface area contributed by atoms with Gasteiger partial charge in [0.25, 0.3) is 5.89 Å². The molecule has 0 radical (unpaired) electrons. The molecule has 2 aliphatic rings. The summed E-state index contributed by atoms with van der Waals surface area (Å²) in [5.74, 6) is 2.76. The van der Waals surface area contributed by atoms with Crippen LogP contribution in [0.4, 0.5) is 10.5 Å². The third-order valence-corrected chi connectivity index (χ3v) is 6.31. The fourth-order valence-corrected chi connectivity index (χ4v) is 4.57. The van der Waals surface area contributed by atoms with Gasteiger partial charge in [0.1, 0.15) is 5.75 Å². The lowest BCUT2D eigenvalue weighted by Gasteiger charge is -2.35. The first-order valence-corrected chi connectivity index (χ1v) is 12.0. The maximum absolute atomic E-state index is 13.5. The van der Waals surface area contributed by atoms with Gasteiger partial charge in [-0.1, -0.05) is 47.6 Å². The van der Waals surface area contributed by atoms with Crippen LogP contribution in [0.25, 0.3) is 17.0 Å². The smallest absolute Gasteiger partial charge is 0.327 e. The molecule has 9 heteroatoms. The zero-order valence-corrected chi connectivity index (χ0v) is 20.3. The van der Waals surface area contributed by atoms with Crippen molar-refractivity contribution in [1.29, 1.82) is 0 Å². The van der Waals surface area contributed by atoms with Crippen LogP contribution in [0.5, 0.6) is 17.2 Å². The van der Waals surface area contributed by atoms with Gasteiger partial charge in [0.05, 0.1) is 23.9 Å². The number of carbonyl (C=O) groups excluding carboxylic acids is 1. The van der Waals surface area contributed by atoms with Gasteiger partial charge in [0.15, 0.2) is 11.5 Å². The average Bonchev–Trinajstić information content (AvgIpc) is 3.59. The summed E-state index contributed by atoms with van der Waals surface area (Å²) in [6.07, 6.45) is 0. The summed E-state index contributed by atoms with van der Waals surface area (Å²) in [4.78, 5) is 19.8. The molecule has 0 aliphatic carbocycles. The number of fused-ring (bicyclic) bond motifs is 1. The molecule has 3 heterocycles. The number of hydrogen-bond acceptors (Lipinski definition) is 7. The number of amides is 2. The lowest BCUT2D eigenvalue weighted by atomic mass is 9.94. The lowest BCUT2D eigenvalue weighted by molar-refractivity contribution is 0.174. The minimum absolute atomic E-state index is 0.148. The Hall–Kier alpha value is -4.79. The van der Waals surface area contributed by atoms with Gasteiger partial charge in [0, 0.05) is 17.3 Å². The highest BCUT2D eigenvalue weighted by Crippen LogP contribution is 2.42. The molecule has 1 atom stereocenters. The molecule has 2 amide bonds. The Morgan fingerprint density at radius 2 is 1.81 bits per heavy atom. The highest BCUT2D eigenvalue weighted by molar-refractivity contribution is 6.01. The number of nitrogens with one attached hydrogen (secondary N) is 1. The number of urea groups is 1. The van der Waals surface area contributed by atoms with Gasteiger partial charge in [-0.05, 0) is 43.7 Å². The Kier molecular flexibility index (Phi) is 5.72. The van der Waals surface area contributed by atoms with Crippen molar-refractivity contribution < 1.29 is 23.5 Å². The van der Waals surface area contributed by atoms with Crippen molar-refractivity contribution in [2.45, 2.75) is 19.9 Å². The standard InChI is InChI=1S/C28H24N4O5/c1-3-34-21-12-9-18(10-13-21)25-24(27-30-26(31-37-27)19-7-5-4-6-8-19)17(2)32(28(33)29-25)20-11-14-22-23(15-20)36-16-35-22/h4-15,25H,3,16H2,1-2H3,(H,29,33). The Morgan fingerprint density at radius 1 is 1.03 bits per heavy atom. The van der Waals surface area contributed by atoms with Crippen molar-refractivity contribution in [3.05, 3.63) is 89.9 Å². The van der Waals surface area contributed by atoms with Crippen molar-refractivity contribution in [3.63, 3.8) is 0 Å². The number of carbonyl (C=O) groups is 1. The van der Waals surface area contributed by atoms with Gasteiger partial charge < -0.3 is 24.1 Å². The fourth-order valence-electron chi connectivity index (χ4n) is 4.57. The predicted octanol–water partition coefficient (Wildman–Crippen LogP) is 5.57. The number of anilines is 1. The highest BCUT2D eigenvalue weighted by atomic mass is 16.7. The first-order valence-electron chi connectivity index (χ1n) is 12.0. The molecule has 0 saturated heterocycles. The van der Waals surface area contributed by atoms with Gasteiger partial charge in [-0.15, -0.1) is 0 Å². The van der Waals surface area contributed by atoms with Crippen LogP contribution in [0.3, 0.4) is 0 Å². The lowest BCUT2D eigenvalue weighted by Crippen LogP contribution is -2.46. The van der Waals surface area contributed by atoms with E-state index in [-0.39, 0.29) is 12.8 Å². The van der Waals surface area contributed by atoms with Gasteiger partial charge >= 0.3 is 6.03 Å². The summed E-state index contributed by atoms with van der Waals surface area (Å²) in [5.41, 5.74) is 3.67. The molecular weight excluding hydrogens is 472 g/mol. The first-order chi connectivity index (χ1) is 18.1. The topological polar surface area (TPSA) is 99.0 Å². The molecule has 0 fully saturated rings. The number of ether oxygens (including phenoxy) is 3. The Morgan fingerprint density at radius 3 is 2.59 bits per heavy atom. The van der Waals surface area contributed by atoms with Crippen molar-refractivity contribution in [1.82, 2.24) is 15.5 Å². The van der Waals surface area contributed by atoms with Gasteiger partial charge in [-0.3, -0.25) is 4.90 Å². The molecule has 1 unspecified atom stereocenters. The second kappa shape index (κ2) is 9.34. The van der Waals surface area contributed by atoms with E-state index in [1.807, 2.05) is 74.5 Å². The van der Waals surface area contributed by atoms with E-state index in [1.54, 1.807) is 17.0 Å². The van der Waals surface area contributed by atoms with Crippen molar-refractivity contribution in [2.75, 3.05) is 18.3 Å². The monoisotopic (exact) mass is 496 g/mol. The molecule has 186 valence electrons. The Bertz CT molecular complexity index is 1480. The molecule has 0 saturated carbocycles. The van der Waals surface area contributed by atoms with E-state index in [4.69, 9.17) is 23.7 Å². The molecule has 6 rings (SSSR count). The minimum atomic E-state index is -0.516. The fraction of sp³-hybridized carbons (Fsp3) is 0.179. The van der Waals surface area contributed by atoms with Crippen molar-refractivity contribution in [3.8, 4) is 28.6 Å². The molecule has 2 aliphatic heterocycles. The van der Waals surface area contributed by atoms with Crippen LogP contribution >= 0.6 is 0 Å². The SMILES string of the molecule is CCOc1ccc(C2NC(=O)N(c3ccc4c(c3)OCO4)C(C)=C2c2nc(-c3ccccc3)no2)cc1. The summed E-state index contributed by atoms with van der Waals surface area (Å²) in [5, 5.41) is 7.34. The summed E-state index contributed by atoms with van der Waals surface area (Å²) >= 11 is 0. The summed E-state index contributed by atoms with van der Waals surface area (Å²) in [6.45, 7) is 4.52. The maximum atomic E-state index is 13.5. The van der Waals surface area contributed by atoms with E-state index in [0.29, 0.717) is 46.8 Å². The van der Waals surface area contributed by atoms with E-state index in [2.05, 4.69) is 10.5 Å². The van der Waals surface area contributed by atoms with Crippen molar-refractivity contribution in [2.24, 2.45) is 0 Å². The van der Waals surface area contributed by atoms with Gasteiger partial charge in [0.2, 0.25) is 12.6 Å². The zero-order chi connectivity index (χ0) is 25.4. The number of nitrogens with zero attached hydrogens (tertiary/aromatic N) is 3. The van der Waals surface area contributed by atoms with E-state index in [0.717, 1.165) is 16.9 Å². The second-order valence-electron chi connectivity index (χ2n) is 8.55. The summed E-state index contributed by atoms with van der Waals surface area (Å²) in [7, 11) is 0. The molecule has 0 spiro atoms. The molecule has 0 bridgehead atoms. The number of benzene rings is 3. The second-order valence-corrected chi connectivity index (χ2v) is 8.55. The van der Waals surface area contributed by atoms with Crippen molar-refractivity contribution >= 4 is 17.3 Å². The molecule has 3 aromatic carbocycles. The molecule has 4 aromatic rings. The molecule has 1 aromatic heterocycles. The largest absolute Gasteiger partial charge is 0.494 e. The predicted molar refractivity (Wildman–Crippen MR) is 136 cm³/mol. The summed E-state index contributed by atoms with van der Waals surface area (Å²) in [6, 6.07) is 21.8. The minimum Gasteiger partial charge on any atom is -0.494 e. The van der Waals surface area contributed by atoms with Gasteiger partial charge in [-0.25, -0.2) is 4.79 Å². The maximum Gasteiger partial charge on any atom is 0.327 e. The van der Waals surface area contributed by atoms with E-state index < -0.39 is 6.04 Å². The third-order valence-electron chi connectivity index (χ3n) is 6.31. The quantitative estimate of drug-likeness (QED) is 0.373. The van der Waals surface area contributed by atoms with E-state index >= 15 is 0 Å².